The zero-order chi connectivity index (χ0) is 21.0. The van der Waals surface area contributed by atoms with E-state index >= 15 is 0 Å². The molecule has 0 aromatic carbocycles. The molecule has 4 aliphatic rings. The molecule has 0 heterocycles. The SMILES string of the molecule is CC(C)[C@@H](C)/C=C/[C@@H](C)[C@H]1CC[C@H]2C3=CC=C4CC(=O)CC[C@]4(C)[C@H]3CC[C@]12C. The minimum absolute atomic E-state index is 0.246. The van der Waals surface area contributed by atoms with E-state index in [2.05, 4.69) is 65.8 Å². The fraction of sp³-hybridized carbons (Fsp3) is 0.750. The van der Waals surface area contributed by atoms with E-state index in [4.69, 9.17) is 0 Å². The molecule has 0 aliphatic heterocycles. The Bertz CT molecular complexity index is 752. The molecule has 29 heavy (non-hydrogen) atoms. The molecule has 0 aromatic heterocycles. The van der Waals surface area contributed by atoms with Gasteiger partial charge in [0, 0.05) is 12.8 Å². The summed E-state index contributed by atoms with van der Waals surface area (Å²) in [6, 6.07) is 0. The van der Waals surface area contributed by atoms with Gasteiger partial charge in [0.2, 0.25) is 0 Å². The van der Waals surface area contributed by atoms with Gasteiger partial charge in [0.1, 0.15) is 5.78 Å². The number of allylic oxidation sites excluding steroid dienone is 6. The number of rotatable bonds is 4. The van der Waals surface area contributed by atoms with E-state index in [0.29, 0.717) is 35.4 Å². The standard InChI is InChI=1S/C28H42O/c1-18(2)19(3)7-8-20(4)24-11-12-25-23-10-9-21-17-22(29)13-15-27(21,5)26(23)14-16-28(24,25)6/h7-10,18-20,24-26H,11-17H2,1-6H3/b8-7+/t19-,20+,24+,25-,26-,27-,28+/m0/s1. The summed E-state index contributed by atoms with van der Waals surface area (Å²) in [6.07, 6.45) is 17.8. The molecule has 0 radical (unpaired) electrons. The minimum Gasteiger partial charge on any atom is -0.299 e. The number of hydrogen-bond acceptors (Lipinski definition) is 1. The Morgan fingerprint density at radius 1 is 0.966 bits per heavy atom. The molecule has 0 saturated heterocycles. The van der Waals surface area contributed by atoms with Crippen LogP contribution in [-0.4, -0.2) is 5.78 Å². The molecule has 0 amide bonds. The number of Topliss-reactive ketones (excluding diaryl/α,β-unsaturated/α-hetero) is 1. The highest BCUT2D eigenvalue weighted by Gasteiger charge is 2.56. The van der Waals surface area contributed by atoms with Gasteiger partial charge in [0.05, 0.1) is 0 Å². The second-order valence-electron chi connectivity index (χ2n) is 11.7. The van der Waals surface area contributed by atoms with Crippen LogP contribution in [0.5, 0.6) is 0 Å². The van der Waals surface area contributed by atoms with Crippen molar-refractivity contribution < 1.29 is 4.79 Å². The summed E-state index contributed by atoms with van der Waals surface area (Å²) >= 11 is 0. The molecule has 4 aliphatic carbocycles. The Labute approximate surface area is 179 Å². The Balaban J connectivity index is 1.57. The van der Waals surface area contributed by atoms with Crippen molar-refractivity contribution in [2.24, 2.45) is 46.3 Å². The van der Waals surface area contributed by atoms with Gasteiger partial charge < -0.3 is 0 Å². The predicted octanol–water partition coefficient (Wildman–Crippen LogP) is 7.54. The first-order valence-electron chi connectivity index (χ1n) is 12.3. The van der Waals surface area contributed by atoms with Crippen molar-refractivity contribution in [2.45, 2.75) is 86.5 Å². The summed E-state index contributed by atoms with van der Waals surface area (Å²) in [5.74, 6) is 4.73. The zero-order valence-electron chi connectivity index (χ0n) is 19.6. The summed E-state index contributed by atoms with van der Waals surface area (Å²) < 4.78 is 0. The third-order valence-electron chi connectivity index (χ3n) is 9.88. The van der Waals surface area contributed by atoms with Crippen LogP contribution < -0.4 is 0 Å². The molecule has 3 fully saturated rings. The van der Waals surface area contributed by atoms with Crippen molar-refractivity contribution in [3.05, 3.63) is 35.5 Å². The topological polar surface area (TPSA) is 17.1 Å². The van der Waals surface area contributed by atoms with Crippen LogP contribution in [0.1, 0.15) is 86.5 Å². The first-order valence-corrected chi connectivity index (χ1v) is 12.3. The summed E-state index contributed by atoms with van der Waals surface area (Å²) in [5, 5.41) is 0. The lowest BCUT2D eigenvalue weighted by molar-refractivity contribution is -0.120. The monoisotopic (exact) mass is 394 g/mol. The van der Waals surface area contributed by atoms with E-state index in [9.17, 15) is 4.79 Å². The third kappa shape index (κ3) is 3.41. The summed E-state index contributed by atoms with van der Waals surface area (Å²) in [4.78, 5) is 12.1. The average molecular weight is 395 g/mol. The van der Waals surface area contributed by atoms with E-state index in [0.717, 1.165) is 30.6 Å². The van der Waals surface area contributed by atoms with Gasteiger partial charge in [-0.2, -0.15) is 0 Å². The van der Waals surface area contributed by atoms with Crippen LogP contribution >= 0.6 is 0 Å². The van der Waals surface area contributed by atoms with E-state index in [1.165, 1.54) is 31.3 Å². The van der Waals surface area contributed by atoms with Crippen molar-refractivity contribution in [1.82, 2.24) is 0 Å². The van der Waals surface area contributed by atoms with Gasteiger partial charge in [0.25, 0.3) is 0 Å². The minimum atomic E-state index is 0.246. The molecule has 0 N–H and O–H groups in total. The number of hydrogen-bond donors (Lipinski definition) is 0. The quantitative estimate of drug-likeness (QED) is 0.450. The maximum absolute atomic E-state index is 12.1. The van der Waals surface area contributed by atoms with Crippen LogP contribution in [0.2, 0.25) is 0 Å². The predicted molar refractivity (Wildman–Crippen MR) is 122 cm³/mol. The fourth-order valence-corrected chi connectivity index (χ4v) is 7.43. The van der Waals surface area contributed by atoms with E-state index in [-0.39, 0.29) is 5.41 Å². The Morgan fingerprint density at radius 3 is 2.45 bits per heavy atom. The first-order chi connectivity index (χ1) is 13.7. The van der Waals surface area contributed by atoms with Gasteiger partial charge in [0.15, 0.2) is 0 Å². The van der Waals surface area contributed by atoms with E-state index in [1.54, 1.807) is 5.57 Å². The number of carbonyl (C=O) groups is 1. The largest absolute Gasteiger partial charge is 0.299 e. The molecular formula is C28H42O. The highest BCUT2D eigenvalue weighted by atomic mass is 16.1. The lowest BCUT2D eigenvalue weighted by atomic mass is 9.50. The molecule has 160 valence electrons. The molecule has 0 bridgehead atoms. The van der Waals surface area contributed by atoms with Gasteiger partial charge in [-0.3, -0.25) is 4.79 Å². The maximum atomic E-state index is 12.1. The fourth-order valence-electron chi connectivity index (χ4n) is 7.43. The van der Waals surface area contributed by atoms with Crippen LogP contribution in [-0.2, 0) is 4.79 Å². The van der Waals surface area contributed by atoms with Gasteiger partial charge in [-0.05, 0) is 78.4 Å². The zero-order valence-corrected chi connectivity index (χ0v) is 19.6. The van der Waals surface area contributed by atoms with Crippen molar-refractivity contribution in [3.8, 4) is 0 Å². The number of fused-ring (bicyclic) bond motifs is 5. The molecule has 0 unspecified atom stereocenters. The van der Waals surface area contributed by atoms with Crippen LogP contribution in [0.15, 0.2) is 35.5 Å². The van der Waals surface area contributed by atoms with Crippen molar-refractivity contribution in [1.29, 1.82) is 0 Å². The Hall–Kier alpha value is -1.11. The molecule has 4 rings (SSSR count). The summed E-state index contributed by atoms with van der Waals surface area (Å²) in [5.41, 5.74) is 3.86. The molecule has 1 nitrogen and oxygen atoms in total. The third-order valence-corrected chi connectivity index (χ3v) is 9.88. The number of carbonyl (C=O) groups excluding carboxylic acids is 1. The maximum Gasteiger partial charge on any atom is 0.136 e. The highest BCUT2D eigenvalue weighted by Crippen LogP contribution is 2.65. The molecule has 7 atom stereocenters. The van der Waals surface area contributed by atoms with Gasteiger partial charge >= 0.3 is 0 Å². The van der Waals surface area contributed by atoms with Crippen LogP contribution in [0, 0.1) is 46.3 Å². The van der Waals surface area contributed by atoms with Gasteiger partial charge in [-0.25, -0.2) is 0 Å². The molecule has 1 heteroatoms. The van der Waals surface area contributed by atoms with Crippen molar-refractivity contribution in [3.63, 3.8) is 0 Å². The second-order valence-corrected chi connectivity index (χ2v) is 11.7. The first kappa shape index (κ1) is 21.1. The lowest BCUT2D eigenvalue weighted by Gasteiger charge is -2.54. The van der Waals surface area contributed by atoms with Gasteiger partial charge in [-0.15, -0.1) is 0 Å². The van der Waals surface area contributed by atoms with Crippen molar-refractivity contribution in [2.75, 3.05) is 0 Å². The smallest absolute Gasteiger partial charge is 0.136 e. The molecule has 3 saturated carbocycles. The highest BCUT2D eigenvalue weighted by molar-refractivity contribution is 5.83. The summed E-state index contributed by atoms with van der Waals surface area (Å²) in [7, 11) is 0. The Kier molecular flexibility index (Phi) is 5.50. The normalized spacial score (nSPS) is 41.5. The van der Waals surface area contributed by atoms with Gasteiger partial charge in [-0.1, -0.05) is 77.0 Å². The lowest BCUT2D eigenvalue weighted by Crippen LogP contribution is -2.46. The molecular weight excluding hydrogens is 352 g/mol. The number of ketones is 1. The molecule has 0 spiro atoms. The van der Waals surface area contributed by atoms with Crippen LogP contribution in [0.3, 0.4) is 0 Å². The van der Waals surface area contributed by atoms with Crippen LogP contribution in [0.4, 0.5) is 0 Å². The Morgan fingerprint density at radius 2 is 1.72 bits per heavy atom. The second kappa shape index (κ2) is 7.54. The summed E-state index contributed by atoms with van der Waals surface area (Å²) in [6.45, 7) is 14.5. The van der Waals surface area contributed by atoms with E-state index in [1.807, 2.05) is 0 Å². The molecule has 0 aromatic rings. The van der Waals surface area contributed by atoms with Crippen LogP contribution in [0.25, 0.3) is 0 Å². The van der Waals surface area contributed by atoms with E-state index < -0.39 is 0 Å². The van der Waals surface area contributed by atoms with Crippen molar-refractivity contribution >= 4 is 5.78 Å². The average Bonchev–Trinajstić information content (AvgIpc) is 3.03.